The highest BCUT2D eigenvalue weighted by Gasteiger charge is 2.26. The van der Waals surface area contributed by atoms with Gasteiger partial charge in [-0.25, -0.2) is 4.39 Å². The number of hydrogen-bond acceptors (Lipinski definition) is 3. The lowest BCUT2D eigenvalue weighted by atomic mass is 10.1. The summed E-state index contributed by atoms with van der Waals surface area (Å²) in [6.45, 7) is 6.12. The minimum absolute atomic E-state index is 0.00687. The number of rotatable bonds is 9. The molecule has 2 aromatic carbocycles. The SMILES string of the molecule is CC(C)CNC(=O)[C@H](C)N(Cc1ccccc1)C(=O)COc1ccccc1F. The summed E-state index contributed by atoms with van der Waals surface area (Å²) in [6, 6.07) is 14.6. The standard InChI is InChI=1S/C22H27FN2O3/c1-16(2)13-24-22(27)17(3)25(14-18-9-5-4-6-10-18)21(26)15-28-20-12-8-7-11-19(20)23/h4-12,16-17H,13-15H2,1-3H3,(H,24,27)/t17-/m0/s1. The average Bonchev–Trinajstić information content (AvgIpc) is 2.69. The largest absolute Gasteiger partial charge is 0.481 e. The van der Waals surface area contributed by atoms with Crippen LogP contribution in [0.5, 0.6) is 5.75 Å². The molecule has 0 aliphatic carbocycles. The molecule has 150 valence electrons. The van der Waals surface area contributed by atoms with E-state index >= 15 is 0 Å². The predicted octanol–water partition coefficient (Wildman–Crippen LogP) is 3.39. The molecule has 2 amide bonds. The maximum atomic E-state index is 13.7. The van der Waals surface area contributed by atoms with Gasteiger partial charge in [-0.3, -0.25) is 9.59 Å². The number of carbonyl (C=O) groups is 2. The highest BCUT2D eigenvalue weighted by atomic mass is 19.1. The third-order valence-electron chi connectivity index (χ3n) is 4.24. The molecule has 0 aromatic heterocycles. The van der Waals surface area contributed by atoms with E-state index in [-0.39, 0.29) is 30.7 Å². The minimum atomic E-state index is -0.685. The molecule has 0 fully saturated rings. The van der Waals surface area contributed by atoms with Crippen molar-refractivity contribution < 1.29 is 18.7 Å². The van der Waals surface area contributed by atoms with Crippen molar-refractivity contribution in [3.8, 4) is 5.75 Å². The van der Waals surface area contributed by atoms with E-state index in [0.717, 1.165) is 5.56 Å². The Bertz CT molecular complexity index is 780. The second kappa shape index (κ2) is 10.4. The van der Waals surface area contributed by atoms with Crippen LogP contribution in [0, 0.1) is 11.7 Å². The van der Waals surface area contributed by atoms with Gasteiger partial charge in [-0.2, -0.15) is 0 Å². The van der Waals surface area contributed by atoms with E-state index in [1.165, 1.54) is 17.0 Å². The van der Waals surface area contributed by atoms with Crippen LogP contribution in [-0.2, 0) is 16.1 Å². The zero-order chi connectivity index (χ0) is 20.5. The van der Waals surface area contributed by atoms with Gasteiger partial charge in [0.25, 0.3) is 5.91 Å². The number of amides is 2. The molecule has 2 aromatic rings. The fourth-order valence-corrected chi connectivity index (χ4v) is 2.60. The lowest BCUT2D eigenvalue weighted by molar-refractivity contribution is -0.142. The number of carbonyl (C=O) groups excluding carboxylic acids is 2. The molecule has 0 saturated carbocycles. The van der Waals surface area contributed by atoms with Gasteiger partial charge in [-0.15, -0.1) is 0 Å². The van der Waals surface area contributed by atoms with Crippen LogP contribution in [0.3, 0.4) is 0 Å². The van der Waals surface area contributed by atoms with Crippen LogP contribution in [0.15, 0.2) is 54.6 Å². The summed E-state index contributed by atoms with van der Waals surface area (Å²) in [5.41, 5.74) is 0.894. The minimum Gasteiger partial charge on any atom is -0.481 e. The van der Waals surface area contributed by atoms with Gasteiger partial charge in [-0.1, -0.05) is 56.3 Å². The monoisotopic (exact) mass is 386 g/mol. The van der Waals surface area contributed by atoms with Gasteiger partial charge in [0.2, 0.25) is 5.91 Å². The van der Waals surface area contributed by atoms with Crippen molar-refractivity contribution in [2.24, 2.45) is 5.92 Å². The Morgan fingerprint density at radius 1 is 1.04 bits per heavy atom. The van der Waals surface area contributed by atoms with Gasteiger partial charge in [0.1, 0.15) is 6.04 Å². The van der Waals surface area contributed by atoms with E-state index in [4.69, 9.17) is 4.74 Å². The molecule has 0 spiro atoms. The summed E-state index contributed by atoms with van der Waals surface area (Å²) in [4.78, 5) is 26.8. The smallest absolute Gasteiger partial charge is 0.261 e. The molecule has 0 unspecified atom stereocenters. The normalized spacial score (nSPS) is 11.8. The molecule has 6 heteroatoms. The summed E-state index contributed by atoms with van der Waals surface area (Å²) >= 11 is 0. The zero-order valence-electron chi connectivity index (χ0n) is 16.5. The summed E-state index contributed by atoms with van der Waals surface area (Å²) < 4.78 is 19.1. The predicted molar refractivity (Wildman–Crippen MR) is 106 cm³/mol. The van der Waals surface area contributed by atoms with E-state index in [1.54, 1.807) is 19.1 Å². The molecule has 0 bridgehead atoms. The van der Waals surface area contributed by atoms with Crippen LogP contribution in [0.4, 0.5) is 4.39 Å². The van der Waals surface area contributed by atoms with Crippen molar-refractivity contribution in [3.63, 3.8) is 0 Å². The van der Waals surface area contributed by atoms with Crippen LogP contribution in [-0.4, -0.2) is 35.9 Å². The molecular weight excluding hydrogens is 359 g/mol. The van der Waals surface area contributed by atoms with Crippen LogP contribution in [0.2, 0.25) is 0 Å². The lowest BCUT2D eigenvalue weighted by Crippen LogP contribution is -2.49. The van der Waals surface area contributed by atoms with Crippen LogP contribution < -0.4 is 10.1 Å². The Balaban J connectivity index is 2.11. The molecular formula is C22H27FN2O3. The quantitative estimate of drug-likeness (QED) is 0.719. The van der Waals surface area contributed by atoms with Gasteiger partial charge < -0.3 is 15.0 Å². The molecule has 28 heavy (non-hydrogen) atoms. The van der Waals surface area contributed by atoms with E-state index in [1.807, 2.05) is 44.2 Å². The Hall–Kier alpha value is -2.89. The number of benzene rings is 2. The number of ether oxygens (including phenoxy) is 1. The number of para-hydroxylation sites is 1. The molecule has 0 saturated heterocycles. The fraction of sp³-hybridized carbons (Fsp3) is 0.364. The molecule has 0 aliphatic rings. The number of halogens is 1. The Labute approximate surface area is 165 Å². The number of nitrogens with one attached hydrogen (secondary N) is 1. The zero-order valence-corrected chi connectivity index (χ0v) is 16.5. The Kier molecular flexibility index (Phi) is 7.99. The first kappa shape index (κ1) is 21.4. The van der Waals surface area contributed by atoms with E-state index in [9.17, 15) is 14.0 Å². The van der Waals surface area contributed by atoms with Gasteiger partial charge >= 0.3 is 0 Å². The third kappa shape index (κ3) is 6.37. The van der Waals surface area contributed by atoms with Gasteiger partial charge in [0, 0.05) is 13.1 Å². The molecule has 0 aliphatic heterocycles. The van der Waals surface area contributed by atoms with Crippen LogP contribution >= 0.6 is 0 Å². The van der Waals surface area contributed by atoms with Crippen molar-refractivity contribution in [2.75, 3.05) is 13.2 Å². The average molecular weight is 386 g/mol. The lowest BCUT2D eigenvalue weighted by Gasteiger charge is -2.29. The fourth-order valence-electron chi connectivity index (χ4n) is 2.60. The molecule has 5 nitrogen and oxygen atoms in total. The van der Waals surface area contributed by atoms with E-state index < -0.39 is 11.9 Å². The third-order valence-corrected chi connectivity index (χ3v) is 4.24. The maximum Gasteiger partial charge on any atom is 0.261 e. The van der Waals surface area contributed by atoms with Crippen LogP contribution in [0.25, 0.3) is 0 Å². The Morgan fingerprint density at radius 2 is 1.68 bits per heavy atom. The summed E-state index contributed by atoms with van der Waals surface area (Å²) in [5, 5.41) is 2.85. The van der Waals surface area contributed by atoms with Gasteiger partial charge in [-0.05, 0) is 30.5 Å². The Morgan fingerprint density at radius 3 is 2.32 bits per heavy atom. The number of nitrogens with zero attached hydrogens (tertiary/aromatic N) is 1. The van der Waals surface area contributed by atoms with Crippen molar-refractivity contribution in [3.05, 3.63) is 66.0 Å². The first-order chi connectivity index (χ1) is 13.4. The summed E-state index contributed by atoms with van der Waals surface area (Å²) in [5.74, 6) is -0.845. The van der Waals surface area contributed by atoms with E-state index in [0.29, 0.717) is 12.5 Å². The maximum absolute atomic E-state index is 13.7. The van der Waals surface area contributed by atoms with Crippen molar-refractivity contribution >= 4 is 11.8 Å². The van der Waals surface area contributed by atoms with Gasteiger partial charge in [0.05, 0.1) is 0 Å². The molecule has 1 N–H and O–H groups in total. The molecule has 1 atom stereocenters. The van der Waals surface area contributed by atoms with Crippen molar-refractivity contribution in [1.82, 2.24) is 10.2 Å². The molecule has 0 radical (unpaired) electrons. The van der Waals surface area contributed by atoms with Crippen LogP contribution in [0.1, 0.15) is 26.3 Å². The first-order valence-corrected chi connectivity index (χ1v) is 9.37. The summed E-state index contributed by atoms with van der Waals surface area (Å²) in [7, 11) is 0. The number of hydrogen-bond donors (Lipinski definition) is 1. The second-order valence-electron chi connectivity index (χ2n) is 7.04. The van der Waals surface area contributed by atoms with E-state index in [2.05, 4.69) is 5.32 Å². The molecule has 0 heterocycles. The summed E-state index contributed by atoms with van der Waals surface area (Å²) in [6.07, 6.45) is 0. The first-order valence-electron chi connectivity index (χ1n) is 9.37. The van der Waals surface area contributed by atoms with Crippen molar-refractivity contribution in [1.29, 1.82) is 0 Å². The highest BCUT2D eigenvalue weighted by Crippen LogP contribution is 2.16. The molecule has 2 rings (SSSR count). The topological polar surface area (TPSA) is 58.6 Å². The van der Waals surface area contributed by atoms with Gasteiger partial charge in [0.15, 0.2) is 18.2 Å². The highest BCUT2D eigenvalue weighted by molar-refractivity contribution is 5.87. The van der Waals surface area contributed by atoms with Crippen molar-refractivity contribution in [2.45, 2.75) is 33.4 Å². The second-order valence-corrected chi connectivity index (χ2v) is 7.04.